The summed E-state index contributed by atoms with van der Waals surface area (Å²) in [6, 6.07) is 17.4. The third-order valence-corrected chi connectivity index (χ3v) is 5.89. The van der Waals surface area contributed by atoms with Gasteiger partial charge in [0.15, 0.2) is 0 Å². The molecule has 3 heterocycles. The van der Waals surface area contributed by atoms with Crippen molar-refractivity contribution >= 4 is 22.5 Å². The summed E-state index contributed by atoms with van der Waals surface area (Å²) >= 11 is 0. The Hall–Kier alpha value is -4.46. The van der Waals surface area contributed by atoms with Gasteiger partial charge >= 0.3 is 0 Å². The number of nitrogens with one attached hydrogen (secondary N) is 1. The third-order valence-electron chi connectivity index (χ3n) is 5.89. The van der Waals surface area contributed by atoms with Crippen molar-refractivity contribution in [1.29, 1.82) is 0 Å². The second-order valence-corrected chi connectivity index (χ2v) is 8.34. The van der Waals surface area contributed by atoms with E-state index in [2.05, 4.69) is 26.4 Å². The molecule has 0 saturated heterocycles. The van der Waals surface area contributed by atoms with Crippen LogP contribution in [0.4, 0.5) is 11.8 Å². The summed E-state index contributed by atoms with van der Waals surface area (Å²) in [5, 5.41) is 9.22. The molecule has 1 atom stereocenters. The fourth-order valence-corrected chi connectivity index (χ4v) is 4.23. The smallest absolute Gasteiger partial charge is 0.263 e. The first-order valence-corrected chi connectivity index (χ1v) is 11.0. The molecule has 8 nitrogen and oxygen atoms in total. The molecule has 0 aliphatic carbocycles. The molecule has 34 heavy (non-hydrogen) atoms. The van der Waals surface area contributed by atoms with Crippen molar-refractivity contribution in [1.82, 2.24) is 24.3 Å². The number of benzene rings is 2. The standard InChI is InChI=1S/C26H25N7O/c1-16-13-28-26(27)31-24(16)30-17(2)22-12-18-8-7-11-21(19-14-29-32(3)15-19)23(18)25(34)33(22)20-9-5-4-6-10-20/h4-15,17H,1-3H3,(H3,27,28,30,31). The molecule has 0 aliphatic heterocycles. The lowest BCUT2D eigenvalue weighted by molar-refractivity contribution is 0.768. The first kappa shape index (κ1) is 21.4. The van der Waals surface area contributed by atoms with Gasteiger partial charge in [-0.25, -0.2) is 4.98 Å². The third kappa shape index (κ3) is 3.79. The van der Waals surface area contributed by atoms with E-state index in [0.29, 0.717) is 11.2 Å². The lowest BCUT2D eigenvalue weighted by Crippen LogP contribution is -2.26. The average Bonchev–Trinajstić information content (AvgIpc) is 3.27. The number of para-hydroxylation sites is 1. The highest BCUT2D eigenvalue weighted by Crippen LogP contribution is 2.30. The van der Waals surface area contributed by atoms with Gasteiger partial charge in [0.05, 0.1) is 17.6 Å². The van der Waals surface area contributed by atoms with Crippen molar-refractivity contribution < 1.29 is 0 Å². The largest absolute Gasteiger partial charge is 0.368 e. The second kappa shape index (κ2) is 8.47. The number of fused-ring (bicyclic) bond motifs is 1. The predicted octanol–water partition coefficient (Wildman–Crippen LogP) is 4.24. The van der Waals surface area contributed by atoms with Gasteiger partial charge in [0.1, 0.15) is 5.82 Å². The normalized spacial score (nSPS) is 12.1. The number of anilines is 2. The van der Waals surface area contributed by atoms with Crippen molar-refractivity contribution in [3.8, 4) is 16.8 Å². The number of nitrogens with zero attached hydrogens (tertiary/aromatic N) is 5. The van der Waals surface area contributed by atoms with E-state index in [9.17, 15) is 4.79 Å². The number of hydrogen-bond acceptors (Lipinski definition) is 6. The number of pyridine rings is 1. The molecular weight excluding hydrogens is 426 g/mol. The van der Waals surface area contributed by atoms with Crippen molar-refractivity contribution in [2.45, 2.75) is 19.9 Å². The van der Waals surface area contributed by atoms with Crippen LogP contribution in [0.3, 0.4) is 0 Å². The Morgan fingerprint density at radius 2 is 1.85 bits per heavy atom. The first-order valence-electron chi connectivity index (χ1n) is 11.0. The van der Waals surface area contributed by atoms with E-state index in [1.165, 1.54) is 0 Å². The van der Waals surface area contributed by atoms with E-state index in [1.807, 2.05) is 75.6 Å². The summed E-state index contributed by atoms with van der Waals surface area (Å²) < 4.78 is 3.50. The number of aryl methyl sites for hydroxylation is 2. The summed E-state index contributed by atoms with van der Waals surface area (Å²) in [5.74, 6) is 0.830. The molecule has 0 radical (unpaired) electrons. The summed E-state index contributed by atoms with van der Waals surface area (Å²) in [4.78, 5) is 22.5. The van der Waals surface area contributed by atoms with Gasteiger partial charge in [-0.15, -0.1) is 0 Å². The maximum atomic E-state index is 14.1. The van der Waals surface area contributed by atoms with E-state index >= 15 is 0 Å². The molecule has 0 fully saturated rings. The summed E-state index contributed by atoms with van der Waals surface area (Å²) in [7, 11) is 1.87. The Bertz CT molecular complexity index is 1550. The summed E-state index contributed by atoms with van der Waals surface area (Å²) in [6.45, 7) is 3.92. The Morgan fingerprint density at radius 3 is 2.59 bits per heavy atom. The van der Waals surface area contributed by atoms with Crippen molar-refractivity contribution in [3.63, 3.8) is 0 Å². The lowest BCUT2D eigenvalue weighted by atomic mass is 9.99. The van der Waals surface area contributed by atoms with Crippen LogP contribution in [-0.4, -0.2) is 24.3 Å². The van der Waals surface area contributed by atoms with Crippen LogP contribution in [0, 0.1) is 6.92 Å². The molecule has 5 rings (SSSR count). The molecule has 0 bridgehead atoms. The van der Waals surface area contributed by atoms with Crippen molar-refractivity contribution in [2.75, 3.05) is 11.1 Å². The maximum Gasteiger partial charge on any atom is 0.263 e. The fourth-order valence-electron chi connectivity index (χ4n) is 4.23. The fraction of sp³-hybridized carbons (Fsp3) is 0.154. The van der Waals surface area contributed by atoms with Crippen LogP contribution in [0.15, 0.2) is 78.0 Å². The topological polar surface area (TPSA) is 104 Å². The van der Waals surface area contributed by atoms with Crippen LogP contribution in [-0.2, 0) is 7.05 Å². The van der Waals surface area contributed by atoms with Crippen LogP contribution in [0.1, 0.15) is 24.2 Å². The van der Waals surface area contributed by atoms with Crippen LogP contribution < -0.4 is 16.6 Å². The highest BCUT2D eigenvalue weighted by Gasteiger charge is 2.20. The molecule has 2 aromatic carbocycles. The minimum Gasteiger partial charge on any atom is -0.368 e. The number of nitrogens with two attached hydrogens (primary N) is 1. The van der Waals surface area contributed by atoms with Gasteiger partial charge < -0.3 is 11.1 Å². The van der Waals surface area contributed by atoms with Crippen LogP contribution >= 0.6 is 0 Å². The lowest BCUT2D eigenvalue weighted by Gasteiger charge is -2.22. The summed E-state index contributed by atoms with van der Waals surface area (Å²) in [5.41, 5.74) is 9.94. The maximum absolute atomic E-state index is 14.1. The van der Waals surface area contributed by atoms with Gasteiger partial charge in [-0.1, -0.05) is 36.4 Å². The Labute approximate surface area is 196 Å². The van der Waals surface area contributed by atoms with Crippen LogP contribution in [0.5, 0.6) is 0 Å². The first-order chi connectivity index (χ1) is 16.4. The highest BCUT2D eigenvalue weighted by atomic mass is 16.1. The SMILES string of the molecule is Cc1cnc(N)nc1NC(C)c1cc2cccc(-c3cnn(C)c3)c2c(=O)n1-c1ccccc1. The number of rotatable bonds is 5. The number of nitrogen functional groups attached to an aromatic ring is 1. The summed E-state index contributed by atoms with van der Waals surface area (Å²) in [6.07, 6.45) is 5.38. The van der Waals surface area contributed by atoms with Crippen molar-refractivity contribution in [3.05, 3.63) is 94.8 Å². The second-order valence-electron chi connectivity index (χ2n) is 8.34. The number of aromatic nitrogens is 5. The molecule has 0 aliphatic rings. The molecule has 0 spiro atoms. The molecule has 0 saturated carbocycles. The monoisotopic (exact) mass is 451 g/mol. The molecule has 1 unspecified atom stereocenters. The zero-order chi connectivity index (χ0) is 23.8. The van der Waals surface area contributed by atoms with E-state index in [-0.39, 0.29) is 17.5 Å². The molecule has 0 amide bonds. The highest BCUT2D eigenvalue weighted by molar-refractivity contribution is 5.96. The van der Waals surface area contributed by atoms with E-state index < -0.39 is 0 Å². The molecule has 3 N–H and O–H groups in total. The molecule has 8 heteroatoms. The number of hydrogen-bond donors (Lipinski definition) is 2. The Kier molecular flexibility index (Phi) is 5.33. The van der Waals surface area contributed by atoms with Gasteiger partial charge in [-0.3, -0.25) is 14.0 Å². The van der Waals surface area contributed by atoms with Gasteiger partial charge in [0, 0.05) is 41.9 Å². The zero-order valence-corrected chi connectivity index (χ0v) is 19.2. The van der Waals surface area contributed by atoms with Gasteiger partial charge in [-0.2, -0.15) is 10.1 Å². The Balaban J connectivity index is 1.75. The molecular formula is C26H25N7O. The van der Waals surface area contributed by atoms with Gasteiger partial charge in [0.25, 0.3) is 5.56 Å². The molecule has 5 aromatic rings. The van der Waals surface area contributed by atoms with E-state index in [0.717, 1.165) is 33.5 Å². The van der Waals surface area contributed by atoms with E-state index in [4.69, 9.17) is 5.73 Å². The van der Waals surface area contributed by atoms with Gasteiger partial charge in [-0.05, 0) is 43.0 Å². The van der Waals surface area contributed by atoms with E-state index in [1.54, 1.807) is 21.6 Å². The quantitative estimate of drug-likeness (QED) is 0.414. The molecule has 3 aromatic heterocycles. The molecule has 170 valence electrons. The van der Waals surface area contributed by atoms with Gasteiger partial charge in [0.2, 0.25) is 5.95 Å². The van der Waals surface area contributed by atoms with Crippen LogP contribution in [0.25, 0.3) is 27.6 Å². The predicted molar refractivity (Wildman–Crippen MR) is 135 cm³/mol. The minimum atomic E-state index is -0.243. The zero-order valence-electron chi connectivity index (χ0n) is 19.2. The van der Waals surface area contributed by atoms with Crippen molar-refractivity contribution in [2.24, 2.45) is 7.05 Å². The van der Waals surface area contributed by atoms with Crippen LogP contribution in [0.2, 0.25) is 0 Å². The minimum absolute atomic E-state index is 0.0919. The Morgan fingerprint density at radius 1 is 1.06 bits per heavy atom. The average molecular weight is 452 g/mol.